The van der Waals surface area contributed by atoms with Crippen molar-refractivity contribution in [3.63, 3.8) is 0 Å². The van der Waals surface area contributed by atoms with Crippen LogP contribution in [0.5, 0.6) is 0 Å². The molecule has 3 atom stereocenters. The Labute approximate surface area is 221 Å². The molecule has 2 rings (SSSR count). The predicted octanol–water partition coefficient (Wildman–Crippen LogP) is 4.25. The molecule has 1 aliphatic carbocycles. The number of allylic oxidation sites excluding steroid dienone is 2. The van der Waals surface area contributed by atoms with Gasteiger partial charge in [-0.05, 0) is 57.4 Å². The van der Waals surface area contributed by atoms with Gasteiger partial charge in [-0.15, -0.1) is 13.2 Å². The maximum absolute atomic E-state index is 12.9. The number of hydrogen-bond acceptors (Lipinski definition) is 5. The minimum Gasteiger partial charge on any atom is -0.463 e. The van der Waals surface area contributed by atoms with Crippen LogP contribution in [0.3, 0.4) is 0 Å². The summed E-state index contributed by atoms with van der Waals surface area (Å²) in [5, 5.41) is 15.6. The average Bonchev–Trinajstić information content (AvgIpc) is 3.35. The van der Waals surface area contributed by atoms with Crippen molar-refractivity contribution >= 4 is 17.8 Å². The average molecular weight is 513 g/mol. The highest BCUT2D eigenvalue weighted by Gasteiger charge is 2.35. The fraction of sp³-hybridized carbons (Fsp3) is 0.567. The molecule has 0 saturated heterocycles. The molecule has 1 aromatic carbocycles. The van der Waals surface area contributed by atoms with E-state index in [-0.39, 0.29) is 43.3 Å². The van der Waals surface area contributed by atoms with Crippen molar-refractivity contribution in [3.8, 4) is 0 Å². The Bertz CT molecular complexity index is 879. The summed E-state index contributed by atoms with van der Waals surface area (Å²) >= 11 is 0. The molecule has 0 aliphatic heterocycles. The summed E-state index contributed by atoms with van der Waals surface area (Å²) in [6, 6.07) is 9.45. The summed E-state index contributed by atoms with van der Waals surface area (Å²) < 4.78 is 5.60. The third-order valence-corrected chi connectivity index (χ3v) is 7.01. The van der Waals surface area contributed by atoms with Crippen LogP contribution >= 0.6 is 0 Å². The quantitative estimate of drug-likeness (QED) is 0.164. The van der Waals surface area contributed by atoms with Crippen molar-refractivity contribution < 1.29 is 24.2 Å². The van der Waals surface area contributed by atoms with Crippen molar-refractivity contribution in [2.45, 2.75) is 82.7 Å². The first kappa shape index (κ1) is 30.3. The van der Waals surface area contributed by atoms with E-state index in [9.17, 15) is 19.5 Å². The Morgan fingerprint density at radius 1 is 1.11 bits per heavy atom. The standard InChI is InChI=1S/C30H44N2O5/c1-4-6-8-16-26(19-24-14-9-7-10-15-24)29(36)37-21-23(3)31-28(35)25(13-5-2)20-27(34)32-30(22-33)17-11-12-18-30/h4-5,7,9-10,14-15,23,25-26,33H,1-2,6,8,11-13,16-22H2,3H3,(H,31,35)(H,32,34)/t23-,25+,26+/m0/s1. The SMILES string of the molecule is C=CCCC[C@H](Cc1ccccc1)C(=O)OC[C@H](C)NC(=O)[C@H](CC=C)CC(=O)NC1(CO)CCCC1. The van der Waals surface area contributed by atoms with Gasteiger partial charge in [-0.1, -0.05) is 55.3 Å². The van der Waals surface area contributed by atoms with Gasteiger partial charge in [0.05, 0.1) is 30.0 Å². The number of carbonyl (C=O) groups is 3. The van der Waals surface area contributed by atoms with Crippen LogP contribution in [-0.2, 0) is 25.5 Å². The van der Waals surface area contributed by atoms with E-state index >= 15 is 0 Å². The highest BCUT2D eigenvalue weighted by molar-refractivity contribution is 5.86. The summed E-state index contributed by atoms with van der Waals surface area (Å²) in [4.78, 5) is 38.5. The first-order chi connectivity index (χ1) is 17.8. The zero-order chi connectivity index (χ0) is 27.1. The number of benzene rings is 1. The predicted molar refractivity (Wildman–Crippen MR) is 146 cm³/mol. The van der Waals surface area contributed by atoms with Gasteiger partial charge in [0.1, 0.15) is 6.61 Å². The summed E-state index contributed by atoms with van der Waals surface area (Å²) in [5.41, 5.74) is 0.506. The first-order valence-electron chi connectivity index (χ1n) is 13.5. The van der Waals surface area contributed by atoms with Crippen LogP contribution in [0.25, 0.3) is 0 Å². The van der Waals surface area contributed by atoms with Gasteiger partial charge in [0, 0.05) is 6.42 Å². The zero-order valence-electron chi connectivity index (χ0n) is 22.3. The summed E-state index contributed by atoms with van der Waals surface area (Å²) in [6.07, 6.45) is 10.2. The molecule has 1 saturated carbocycles. The maximum atomic E-state index is 12.9. The molecule has 0 bridgehead atoms. The fourth-order valence-electron chi connectivity index (χ4n) is 4.87. The molecule has 0 aromatic heterocycles. The van der Waals surface area contributed by atoms with Crippen molar-refractivity contribution in [1.82, 2.24) is 10.6 Å². The lowest BCUT2D eigenvalue weighted by molar-refractivity contribution is -0.150. The van der Waals surface area contributed by atoms with E-state index in [1.165, 1.54) is 0 Å². The Balaban J connectivity index is 1.87. The van der Waals surface area contributed by atoms with E-state index in [1.54, 1.807) is 13.0 Å². The number of rotatable bonds is 17. The molecule has 37 heavy (non-hydrogen) atoms. The second kappa shape index (κ2) is 16.0. The molecule has 7 nitrogen and oxygen atoms in total. The van der Waals surface area contributed by atoms with Gasteiger partial charge in [0.25, 0.3) is 0 Å². The van der Waals surface area contributed by atoms with Crippen molar-refractivity contribution in [1.29, 1.82) is 0 Å². The van der Waals surface area contributed by atoms with Gasteiger partial charge in [-0.2, -0.15) is 0 Å². The van der Waals surface area contributed by atoms with Gasteiger partial charge in [-0.3, -0.25) is 14.4 Å². The monoisotopic (exact) mass is 512 g/mol. The Hall–Kier alpha value is -2.93. The normalized spacial score (nSPS) is 16.7. The van der Waals surface area contributed by atoms with Crippen LogP contribution in [0.2, 0.25) is 0 Å². The van der Waals surface area contributed by atoms with E-state index in [1.807, 2.05) is 36.4 Å². The lowest BCUT2D eigenvalue weighted by Crippen LogP contribution is -2.50. The number of aliphatic hydroxyl groups is 1. The number of unbranched alkanes of at least 4 members (excludes halogenated alkanes) is 1. The Morgan fingerprint density at radius 3 is 2.43 bits per heavy atom. The third-order valence-electron chi connectivity index (χ3n) is 7.01. The van der Waals surface area contributed by atoms with Gasteiger partial charge >= 0.3 is 5.97 Å². The second-order valence-electron chi connectivity index (χ2n) is 10.3. The number of hydrogen-bond donors (Lipinski definition) is 3. The van der Waals surface area contributed by atoms with E-state index in [0.29, 0.717) is 19.3 Å². The molecule has 1 aromatic rings. The van der Waals surface area contributed by atoms with Crippen molar-refractivity contribution in [3.05, 3.63) is 61.2 Å². The van der Waals surface area contributed by atoms with Gasteiger partial charge in [0.15, 0.2) is 0 Å². The molecule has 7 heteroatoms. The molecule has 1 aliphatic rings. The van der Waals surface area contributed by atoms with Crippen molar-refractivity contribution in [2.75, 3.05) is 13.2 Å². The molecule has 0 spiro atoms. The minimum atomic E-state index is -0.586. The molecule has 0 unspecified atom stereocenters. The lowest BCUT2D eigenvalue weighted by atomic mass is 9.94. The molecule has 2 amide bonds. The number of nitrogens with one attached hydrogen (secondary N) is 2. The van der Waals surface area contributed by atoms with Crippen LogP contribution in [0.1, 0.15) is 70.3 Å². The van der Waals surface area contributed by atoms with Crippen LogP contribution < -0.4 is 10.6 Å². The number of carbonyl (C=O) groups excluding carboxylic acids is 3. The van der Waals surface area contributed by atoms with E-state index in [2.05, 4.69) is 23.8 Å². The van der Waals surface area contributed by atoms with Gasteiger partial charge in [-0.25, -0.2) is 0 Å². The molecule has 0 radical (unpaired) electrons. The van der Waals surface area contributed by atoms with E-state index in [0.717, 1.165) is 44.1 Å². The van der Waals surface area contributed by atoms with Crippen LogP contribution in [0.15, 0.2) is 55.6 Å². The first-order valence-corrected chi connectivity index (χ1v) is 13.5. The molecule has 204 valence electrons. The zero-order valence-corrected chi connectivity index (χ0v) is 22.3. The van der Waals surface area contributed by atoms with Crippen LogP contribution in [0, 0.1) is 11.8 Å². The van der Waals surface area contributed by atoms with Gasteiger partial charge < -0.3 is 20.5 Å². The second-order valence-corrected chi connectivity index (χ2v) is 10.3. The smallest absolute Gasteiger partial charge is 0.309 e. The lowest BCUT2D eigenvalue weighted by Gasteiger charge is -2.29. The molecular formula is C30H44N2O5. The fourth-order valence-corrected chi connectivity index (χ4v) is 4.87. The van der Waals surface area contributed by atoms with Gasteiger partial charge in [0.2, 0.25) is 11.8 Å². The van der Waals surface area contributed by atoms with E-state index < -0.39 is 17.5 Å². The number of aliphatic hydroxyl groups excluding tert-OH is 1. The summed E-state index contributed by atoms with van der Waals surface area (Å²) in [6.45, 7) is 9.20. The highest BCUT2D eigenvalue weighted by Crippen LogP contribution is 2.29. The van der Waals surface area contributed by atoms with Crippen molar-refractivity contribution in [2.24, 2.45) is 11.8 Å². The number of amides is 2. The van der Waals surface area contributed by atoms with Crippen LogP contribution in [0.4, 0.5) is 0 Å². The topological polar surface area (TPSA) is 105 Å². The number of ether oxygens (including phenoxy) is 1. The Morgan fingerprint density at radius 2 is 1.81 bits per heavy atom. The Kier molecular flexibility index (Phi) is 13.1. The van der Waals surface area contributed by atoms with Crippen LogP contribution in [-0.4, -0.2) is 47.7 Å². The summed E-state index contributed by atoms with van der Waals surface area (Å²) in [7, 11) is 0. The minimum absolute atomic E-state index is 0.00850. The molecule has 1 fully saturated rings. The third kappa shape index (κ3) is 10.5. The molecular weight excluding hydrogens is 468 g/mol. The molecule has 0 heterocycles. The summed E-state index contributed by atoms with van der Waals surface area (Å²) in [5.74, 6) is -1.66. The number of esters is 1. The molecule has 3 N–H and O–H groups in total. The highest BCUT2D eigenvalue weighted by atomic mass is 16.5. The largest absolute Gasteiger partial charge is 0.463 e. The van der Waals surface area contributed by atoms with E-state index in [4.69, 9.17) is 4.74 Å². The maximum Gasteiger partial charge on any atom is 0.309 e.